The molecule has 1 atom stereocenters. The Bertz CT molecular complexity index is 986. The minimum atomic E-state index is -0.181. The molecule has 0 bridgehead atoms. The highest BCUT2D eigenvalue weighted by Gasteiger charge is 2.34. The monoisotopic (exact) mass is 381 g/mol. The molecule has 1 fully saturated rings. The lowest BCUT2D eigenvalue weighted by Gasteiger charge is -2.43. The van der Waals surface area contributed by atoms with Crippen LogP contribution in [-0.2, 0) is 6.54 Å². The van der Waals surface area contributed by atoms with E-state index < -0.39 is 0 Å². The molecule has 1 saturated heterocycles. The van der Waals surface area contributed by atoms with E-state index in [1.165, 1.54) is 6.07 Å². The van der Waals surface area contributed by atoms with Crippen LogP contribution >= 0.6 is 0 Å². The summed E-state index contributed by atoms with van der Waals surface area (Å²) in [5, 5.41) is 4.24. The number of fused-ring (bicyclic) bond motifs is 1. The number of rotatable bonds is 4. The second-order valence-corrected chi connectivity index (χ2v) is 7.58. The molecule has 28 heavy (non-hydrogen) atoms. The number of carbonyl (C=O) groups excluding carboxylic acids is 1. The molecular weight excluding hydrogens is 357 g/mol. The van der Waals surface area contributed by atoms with Crippen molar-refractivity contribution in [2.45, 2.75) is 26.4 Å². The van der Waals surface area contributed by atoms with Crippen LogP contribution in [0.4, 0.5) is 4.39 Å². The van der Waals surface area contributed by atoms with Crippen LogP contribution in [-0.4, -0.2) is 56.0 Å². The largest absolute Gasteiger partial charge is 0.333 e. The van der Waals surface area contributed by atoms with Crippen LogP contribution in [0.15, 0.2) is 48.9 Å². The molecule has 1 aromatic carbocycles. The van der Waals surface area contributed by atoms with Gasteiger partial charge in [-0.1, -0.05) is 32.0 Å². The second kappa shape index (κ2) is 7.67. The predicted octanol–water partition coefficient (Wildman–Crippen LogP) is 2.85. The zero-order valence-corrected chi connectivity index (χ0v) is 16.1. The molecule has 1 amide bonds. The van der Waals surface area contributed by atoms with Gasteiger partial charge in [0.15, 0.2) is 5.65 Å². The van der Waals surface area contributed by atoms with Crippen LogP contribution in [0.1, 0.15) is 29.8 Å². The minimum Gasteiger partial charge on any atom is -0.333 e. The SMILES string of the molecule is CC(C)[C@H]1CN(Cc2ccccc2F)CCN1C(=O)c1cnn2cccnc12. The van der Waals surface area contributed by atoms with Gasteiger partial charge in [0.2, 0.25) is 0 Å². The highest BCUT2D eigenvalue weighted by atomic mass is 19.1. The molecule has 0 spiro atoms. The Hall–Kier alpha value is -2.80. The van der Waals surface area contributed by atoms with Gasteiger partial charge < -0.3 is 4.90 Å². The van der Waals surface area contributed by atoms with Crippen LogP contribution in [0.25, 0.3) is 5.65 Å². The molecule has 3 heterocycles. The molecule has 7 heteroatoms. The predicted molar refractivity (Wildman–Crippen MR) is 104 cm³/mol. The summed E-state index contributed by atoms with van der Waals surface area (Å²) >= 11 is 0. The first kappa shape index (κ1) is 18.6. The fourth-order valence-corrected chi connectivity index (χ4v) is 3.84. The molecule has 0 N–H and O–H groups in total. The van der Waals surface area contributed by atoms with Gasteiger partial charge in [-0.15, -0.1) is 0 Å². The van der Waals surface area contributed by atoms with Crippen molar-refractivity contribution in [3.63, 3.8) is 0 Å². The fourth-order valence-electron chi connectivity index (χ4n) is 3.84. The maximum absolute atomic E-state index is 14.0. The number of carbonyl (C=O) groups is 1. The summed E-state index contributed by atoms with van der Waals surface area (Å²) < 4.78 is 15.6. The number of amides is 1. The van der Waals surface area contributed by atoms with E-state index >= 15 is 0 Å². The van der Waals surface area contributed by atoms with E-state index in [4.69, 9.17) is 0 Å². The fraction of sp³-hybridized carbons (Fsp3) is 0.381. The number of benzene rings is 1. The lowest BCUT2D eigenvalue weighted by Crippen LogP contribution is -2.56. The Balaban J connectivity index is 1.54. The lowest BCUT2D eigenvalue weighted by molar-refractivity contribution is 0.0328. The van der Waals surface area contributed by atoms with E-state index in [-0.39, 0.29) is 23.7 Å². The third-order valence-corrected chi connectivity index (χ3v) is 5.39. The van der Waals surface area contributed by atoms with Gasteiger partial charge in [0.1, 0.15) is 11.4 Å². The third kappa shape index (κ3) is 3.49. The summed E-state index contributed by atoms with van der Waals surface area (Å²) in [5.41, 5.74) is 1.79. The molecule has 0 radical (unpaired) electrons. The summed E-state index contributed by atoms with van der Waals surface area (Å²) in [4.78, 5) is 21.7. The van der Waals surface area contributed by atoms with E-state index in [1.807, 2.05) is 17.0 Å². The van der Waals surface area contributed by atoms with Crippen LogP contribution < -0.4 is 0 Å². The Morgan fingerprint density at radius 1 is 1.25 bits per heavy atom. The molecule has 0 unspecified atom stereocenters. The van der Waals surface area contributed by atoms with E-state index in [0.717, 1.165) is 0 Å². The molecule has 2 aromatic heterocycles. The maximum Gasteiger partial charge on any atom is 0.259 e. The van der Waals surface area contributed by atoms with Crippen molar-refractivity contribution in [1.29, 1.82) is 0 Å². The van der Waals surface area contributed by atoms with Crippen molar-refractivity contribution >= 4 is 11.6 Å². The number of hydrogen-bond donors (Lipinski definition) is 0. The van der Waals surface area contributed by atoms with Crippen LogP contribution in [0, 0.1) is 11.7 Å². The average molecular weight is 381 g/mol. The number of aromatic nitrogens is 3. The molecule has 146 valence electrons. The zero-order chi connectivity index (χ0) is 19.7. The highest BCUT2D eigenvalue weighted by molar-refractivity contribution is 5.99. The van der Waals surface area contributed by atoms with Crippen molar-refractivity contribution in [2.24, 2.45) is 5.92 Å². The van der Waals surface area contributed by atoms with E-state index in [9.17, 15) is 9.18 Å². The maximum atomic E-state index is 14.0. The third-order valence-electron chi connectivity index (χ3n) is 5.39. The summed E-state index contributed by atoms with van der Waals surface area (Å²) in [7, 11) is 0. The standard InChI is InChI=1S/C21H24FN5O/c1-15(2)19-14-25(13-16-6-3-4-7-18(16)22)10-11-26(19)21(28)17-12-24-27-9-5-8-23-20(17)27/h3-9,12,15,19H,10-11,13-14H2,1-2H3/t19-/m1/s1. The number of nitrogens with zero attached hydrogens (tertiary/aromatic N) is 5. The molecule has 4 rings (SSSR count). The Morgan fingerprint density at radius 2 is 2.07 bits per heavy atom. The number of piperazine rings is 1. The normalized spacial score (nSPS) is 18.1. The van der Waals surface area contributed by atoms with Gasteiger partial charge in [0.05, 0.1) is 6.20 Å². The summed E-state index contributed by atoms with van der Waals surface area (Å²) in [6.45, 7) is 6.80. The van der Waals surface area contributed by atoms with Crippen molar-refractivity contribution in [1.82, 2.24) is 24.4 Å². The van der Waals surface area contributed by atoms with Gasteiger partial charge in [-0.05, 0) is 18.1 Å². The van der Waals surface area contributed by atoms with Crippen LogP contribution in [0.3, 0.4) is 0 Å². The van der Waals surface area contributed by atoms with Crippen LogP contribution in [0.5, 0.6) is 0 Å². The molecular formula is C21H24FN5O. The van der Waals surface area contributed by atoms with Crippen LogP contribution in [0.2, 0.25) is 0 Å². The van der Waals surface area contributed by atoms with Gasteiger partial charge in [-0.3, -0.25) is 9.69 Å². The smallest absolute Gasteiger partial charge is 0.259 e. The quantitative estimate of drug-likeness (QED) is 0.697. The van der Waals surface area contributed by atoms with Gasteiger partial charge in [-0.2, -0.15) is 5.10 Å². The van der Waals surface area contributed by atoms with Crippen molar-refractivity contribution in [2.75, 3.05) is 19.6 Å². The summed E-state index contributed by atoms with van der Waals surface area (Å²) in [6.07, 6.45) is 5.04. The van der Waals surface area contributed by atoms with E-state index in [0.29, 0.717) is 43.0 Å². The molecule has 1 aliphatic heterocycles. The first-order chi connectivity index (χ1) is 13.5. The molecule has 0 aliphatic carbocycles. The van der Waals surface area contributed by atoms with Crippen molar-refractivity contribution in [3.8, 4) is 0 Å². The van der Waals surface area contributed by atoms with E-state index in [1.54, 1.807) is 35.2 Å². The number of halogens is 1. The number of hydrogen-bond acceptors (Lipinski definition) is 4. The van der Waals surface area contributed by atoms with Gasteiger partial charge in [0.25, 0.3) is 5.91 Å². The second-order valence-electron chi connectivity index (χ2n) is 7.58. The van der Waals surface area contributed by atoms with Crippen molar-refractivity contribution in [3.05, 3.63) is 65.9 Å². The summed E-state index contributed by atoms with van der Waals surface area (Å²) in [6, 6.07) is 8.71. The Morgan fingerprint density at radius 3 is 2.86 bits per heavy atom. The highest BCUT2D eigenvalue weighted by Crippen LogP contribution is 2.23. The molecule has 1 aliphatic rings. The van der Waals surface area contributed by atoms with E-state index in [2.05, 4.69) is 28.8 Å². The molecule has 3 aromatic rings. The molecule has 6 nitrogen and oxygen atoms in total. The van der Waals surface area contributed by atoms with Crippen molar-refractivity contribution < 1.29 is 9.18 Å². The first-order valence-electron chi connectivity index (χ1n) is 9.59. The Labute approximate surface area is 163 Å². The van der Waals surface area contributed by atoms with Gasteiger partial charge >= 0.3 is 0 Å². The first-order valence-corrected chi connectivity index (χ1v) is 9.59. The lowest BCUT2D eigenvalue weighted by atomic mass is 9.98. The Kier molecular flexibility index (Phi) is 5.09. The average Bonchev–Trinajstić information content (AvgIpc) is 3.13. The topological polar surface area (TPSA) is 53.7 Å². The zero-order valence-electron chi connectivity index (χ0n) is 16.1. The summed E-state index contributed by atoms with van der Waals surface area (Å²) in [5.74, 6) is 0.0552. The minimum absolute atomic E-state index is 0.0436. The van der Waals surface area contributed by atoms with Gasteiger partial charge in [0, 0.05) is 50.2 Å². The molecule has 0 saturated carbocycles. The van der Waals surface area contributed by atoms with Gasteiger partial charge in [-0.25, -0.2) is 13.9 Å².